The third kappa shape index (κ3) is 5.43. The molecule has 22 heavy (non-hydrogen) atoms. The molecule has 122 valence electrons. The maximum Gasteiger partial charge on any atom is 0.330 e. The first kappa shape index (κ1) is 18.7. The fourth-order valence-corrected chi connectivity index (χ4v) is 2.91. The van der Waals surface area contributed by atoms with E-state index in [1.165, 1.54) is 6.08 Å². The van der Waals surface area contributed by atoms with Crippen LogP contribution in [0.3, 0.4) is 0 Å². The molecule has 0 bridgehead atoms. The van der Waals surface area contributed by atoms with Crippen LogP contribution in [0.15, 0.2) is 42.5 Å². The fourth-order valence-electron chi connectivity index (χ4n) is 1.71. The molecule has 0 amide bonds. The Bertz CT molecular complexity index is 501. The zero-order valence-electron chi connectivity index (χ0n) is 14.6. The first-order valence-electron chi connectivity index (χ1n) is 7.75. The molecule has 0 aliphatic carbocycles. The van der Waals surface area contributed by atoms with Crippen molar-refractivity contribution in [1.82, 2.24) is 0 Å². The molecule has 1 atom stereocenters. The van der Waals surface area contributed by atoms with Crippen LogP contribution in [0.25, 0.3) is 0 Å². The third-order valence-electron chi connectivity index (χ3n) is 4.05. The third-order valence-corrected chi connectivity index (χ3v) is 8.51. The summed E-state index contributed by atoms with van der Waals surface area (Å²) in [5.74, 6) is -0.331. The van der Waals surface area contributed by atoms with Gasteiger partial charge in [-0.3, -0.25) is 0 Å². The van der Waals surface area contributed by atoms with Crippen LogP contribution in [0, 0.1) is 0 Å². The predicted octanol–water partition coefficient (Wildman–Crippen LogP) is 4.87. The highest BCUT2D eigenvalue weighted by Gasteiger charge is 2.39. The molecule has 0 spiro atoms. The number of carbonyl (C=O) groups excluding carboxylic acids is 1. The van der Waals surface area contributed by atoms with E-state index in [4.69, 9.17) is 9.16 Å². The van der Waals surface area contributed by atoms with Gasteiger partial charge in [-0.1, -0.05) is 51.1 Å². The van der Waals surface area contributed by atoms with Gasteiger partial charge in [0.1, 0.15) is 0 Å². The lowest BCUT2D eigenvalue weighted by molar-refractivity contribution is -0.137. The smallest absolute Gasteiger partial charge is 0.330 e. The molecule has 1 aromatic rings. The van der Waals surface area contributed by atoms with Gasteiger partial charge in [0, 0.05) is 6.08 Å². The highest BCUT2D eigenvalue weighted by atomic mass is 28.4. The lowest BCUT2D eigenvalue weighted by Crippen LogP contribution is -2.41. The van der Waals surface area contributed by atoms with Crippen LogP contribution in [0.4, 0.5) is 0 Å². The van der Waals surface area contributed by atoms with E-state index < -0.39 is 8.32 Å². The van der Waals surface area contributed by atoms with Crippen molar-refractivity contribution in [1.29, 1.82) is 0 Å². The van der Waals surface area contributed by atoms with Crippen molar-refractivity contribution in [2.45, 2.75) is 51.9 Å². The summed E-state index contributed by atoms with van der Waals surface area (Å²) in [4.78, 5) is 11.6. The Kier molecular flexibility index (Phi) is 6.57. The maximum absolute atomic E-state index is 11.6. The highest BCUT2D eigenvalue weighted by Crippen LogP contribution is 2.40. The average Bonchev–Trinajstić information content (AvgIpc) is 2.43. The predicted molar refractivity (Wildman–Crippen MR) is 93.2 cm³/mol. The molecule has 4 heteroatoms. The van der Waals surface area contributed by atoms with Gasteiger partial charge in [-0.15, -0.1) is 0 Å². The Morgan fingerprint density at radius 2 is 1.82 bits per heavy atom. The normalized spacial score (nSPS) is 14.1. The summed E-state index contributed by atoms with van der Waals surface area (Å²) in [6.07, 6.45) is 3.04. The second-order valence-electron chi connectivity index (χ2n) is 6.82. The van der Waals surface area contributed by atoms with Crippen LogP contribution < -0.4 is 0 Å². The Labute approximate surface area is 135 Å². The summed E-state index contributed by atoms with van der Waals surface area (Å²) in [6, 6.07) is 9.98. The number of rotatable bonds is 6. The number of benzene rings is 1. The van der Waals surface area contributed by atoms with E-state index in [0.29, 0.717) is 6.61 Å². The monoisotopic (exact) mass is 320 g/mol. The molecular formula is C18H28O3Si. The number of ether oxygens (including phenoxy) is 1. The molecule has 1 aromatic carbocycles. The van der Waals surface area contributed by atoms with Gasteiger partial charge in [-0.2, -0.15) is 0 Å². The van der Waals surface area contributed by atoms with Crippen LogP contribution in [-0.2, 0) is 14.0 Å². The first-order chi connectivity index (χ1) is 10.2. The Morgan fingerprint density at radius 3 is 2.32 bits per heavy atom. The Morgan fingerprint density at radius 1 is 1.23 bits per heavy atom. The molecule has 0 aliphatic rings. The van der Waals surface area contributed by atoms with E-state index in [-0.39, 0.29) is 17.1 Å². The molecule has 0 aromatic heterocycles. The molecule has 0 fully saturated rings. The standard InChI is InChI=1S/C18H28O3Si/c1-7-20-17(19)14-13-16(15-11-9-8-10-12-15)21-22(5,6)18(2,3)4/h8-14,16H,7H2,1-6H3/b14-13+/t16-/m1/s1. The molecule has 0 heterocycles. The van der Waals surface area contributed by atoms with Crippen LogP contribution in [0.1, 0.15) is 39.4 Å². The number of esters is 1. The van der Waals surface area contributed by atoms with Gasteiger partial charge in [0.25, 0.3) is 0 Å². The number of hydrogen-bond acceptors (Lipinski definition) is 3. The zero-order chi connectivity index (χ0) is 16.8. The summed E-state index contributed by atoms with van der Waals surface area (Å²) in [7, 11) is -1.94. The van der Waals surface area contributed by atoms with E-state index in [2.05, 4.69) is 33.9 Å². The lowest BCUT2D eigenvalue weighted by Gasteiger charge is -2.38. The quantitative estimate of drug-likeness (QED) is 0.426. The molecule has 0 radical (unpaired) electrons. The van der Waals surface area contributed by atoms with Gasteiger partial charge in [0.2, 0.25) is 0 Å². The summed E-state index contributed by atoms with van der Waals surface area (Å²) >= 11 is 0. The zero-order valence-corrected chi connectivity index (χ0v) is 15.6. The molecule has 0 N–H and O–H groups in total. The van der Waals surface area contributed by atoms with Crippen LogP contribution in [-0.4, -0.2) is 20.9 Å². The number of carbonyl (C=O) groups is 1. The van der Waals surface area contributed by atoms with E-state index in [9.17, 15) is 4.79 Å². The van der Waals surface area contributed by atoms with Crippen molar-refractivity contribution in [2.75, 3.05) is 6.61 Å². The lowest BCUT2D eigenvalue weighted by atomic mass is 10.1. The largest absolute Gasteiger partial charge is 0.463 e. The second kappa shape index (κ2) is 7.74. The van der Waals surface area contributed by atoms with Gasteiger partial charge >= 0.3 is 5.97 Å². The summed E-state index contributed by atoms with van der Waals surface area (Å²) in [5, 5.41) is 0.109. The molecule has 3 nitrogen and oxygen atoms in total. The summed E-state index contributed by atoms with van der Waals surface area (Å²) in [6.45, 7) is 13.2. The van der Waals surface area contributed by atoms with Gasteiger partial charge in [-0.05, 0) is 36.7 Å². The molecule has 0 aliphatic heterocycles. The number of hydrogen-bond donors (Lipinski definition) is 0. The van der Waals surface area contributed by atoms with Gasteiger partial charge in [0.15, 0.2) is 8.32 Å². The van der Waals surface area contributed by atoms with Crippen molar-refractivity contribution in [2.24, 2.45) is 0 Å². The van der Waals surface area contributed by atoms with Gasteiger partial charge in [-0.25, -0.2) is 4.79 Å². The summed E-state index contributed by atoms with van der Waals surface area (Å²) < 4.78 is 11.4. The minimum atomic E-state index is -1.94. The van der Waals surface area contributed by atoms with E-state index >= 15 is 0 Å². The van der Waals surface area contributed by atoms with Crippen molar-refractivity contribution in [3.05, 3.63) is 48.0 Å². The average molecular weight is 321 g/mol. The molecule has 0 unspecified atom stereocenters. The Balaban J connectivity index is 3.01. The van der Waals surface area contributed by atoms with Gasteiger partial charge in [0.05, 0.1) is 12.7 Å². The van der Waals surface area contributed by atoms with Gasteiger partial charge < -0.3 is 9.16 Å². The maximum atomic E-state index is 11.6. The summed E-state index contributed by atoms with van der Waals surface area (Å²) in [5.41, 5.74) is 1.05. The Hall–Kier alpha value is -1.39. The van der Waals surface area contributed by atoms with Crippen molar-refractivity contribution in [3.63, 3.8) is 0 Å². The van der Waals surface area contributed by atoms with Crippen molar-refractivity contribution in [3.8, 4) is 0 Å². The molecule has 1 rings (SSSR count). The molecule has 0 saturated carbocycles. The highest BCUT2D eigenvalue weighted by molar-refractivity contribution is 6.74. The van der Waals surface area contributed by atoms with Crippen molar-refractivity contribution < 1.29 is 14.0 Å². The molecular weight excluding hydrogens is 292 g/mol. The first-order valence-corrected chi connectivity index (χ1v) is 10.7. The van der Waals surface area contributed by atoms with E-state index in [0.717, 1.165) is 5.56 Å². The van der Waals surface area contributed by atoms with Crippen LogP contribution in [0.5, 0.6) is 0 Å². The minimum absolute atomic E-state index is 0.109. The fraction of sp³-hybridized carbons (Fsp3) is 0.500. The van der Waals surface area contributed by atoms with E-state index in [1.54, 1.807) is 13.0 Å². The van der Waals surface area contributed by atoms with Crippen LogP contribution in [0.2, 0.25) is 18.1 Å². The second-order valence-corrected chi connectivity index (χ2v) is 11.6. The minimum Gasteiger partial charge on any atom is -0.463 e. The topological polar surface area (TPSA) is 35.5 Å². The van der Waals surface area contributed by atoms with Crippen molar-refractivity contribution >= 4 is 14.3 Å². The van der Waals surface area contributed by atoms with Crippen LogP contribution >= 0.6 is 0 Å². The van der Waals surface area contributed by atoms with E-state index in [1.807, 2.05) is 30.3 Å². The molecule has 0 saturated heterocycles. The SMILES string of the molecule is CCOC(=O)/C=C/[C@@H](O[Si](C)(C)C(C)(C)C)c1ccccc1.